The number of ether oxygens (including phenoxy) is 2. The molecule has 0 radical (unpaired) electrons. The van der Waals surface area contributed by atoms with Crippen molar-refractivity contribution in [1.82, 2.24) is 14.5 Å². The normalized spacial score (nSPS) is 21.3. The fourth-order valence-corrected chi connectivity index (χ4v) is 5.60. The van der Waals surface area contributed by atoms with E-state index in [0.29, 0.717) is 38.3 Å². The van der Waals surface area contributed by atoms with Crippen molar-refractivity contribution in [2.24, 2.45) is 5.92 Å². The van der Waals surface area contributed by atoms with E-state index in [1.807, 2.05) is 6.92 Å². The molecule has 2 aliphatic rings. The fourth-order valence-electron chi connectivity index (χ4n) is 3.74. The SMILES string of the molecule is CCOc1ccc(S(=O)(=O)N2CCC[C@H](C(=O)NCCN3CCOCC3)C2)cc1Cl. The van der Waals surface area contributed by atoms with Crippen LogP contribution in [0.1, 0.15) is 19.8 Å². The number of carbonyl (C=O) groups excluding carboxylic acids is 1. The molecule has 0 bridgehead atoms. The first-order valence-electron chi connectivity index (χ1n) is 10.4. The number of sulfonamides is 1. The smallest absolute Gasteiger partial charge is 0.243 e. The third-order valence-corrected chi connectivity index (χ3v) is 7.58. The zero-order valence-electron chi connectivity index (χ0n) is 17.3. The van der Waals surface area contributed by atoms with E-state index in [-0.39, 0.29) is 28.3 Å². The molecule has 2 saturated heterocycles. The minimum absolute atomic E-state index is 0.0899. The lowest BCUT2D eigenvalue weighted by Crippen LogP contribution is -2.47. The topological polar surface area (TPSA) is 88.2 Å². The van der Waals surface area contributed by atoms with E-state index in [1.165, 1.54) is 16.4 Å². The highest BCUT2D eigenvalue weighted by molar-refractivity contribution is 7.89. The molecule has 8 nitrogen and oxygen atoms in total. The van der Waals surface area contributed by atoms with Gasteiger partial charge < -0.3 is 14.8 Å². The fraction of sp³-hybridized carbons (Fsp3) is 0.650. The molecule has 0 aliphatic carbocycles. The number of piperidine rings is 1. The van der Waals surface area contributed by atoms with Gasteiger partial charge >= 0.3 is 0 Å². The molecular weight excluding hydrogens is 430 g/mol. The van der Waals surface area contributed by atoms with Crippen LogP contribution >= 0.6 is 11.6 Å². The highest BCUT2D eigenvalue weighted by Crippen LogP contribution is 2.30. The lowest BCUT2D eigenvalue weighted by atomic mass is 9.99. The van der Waals surface area contributed by atoms with Gasteiger partial charge in [0.1, 0.15) is 5.75 Å². The Labute approximate surface area is 183 Å². The molecule has 0 aromatic heterocycles. The number of morpholine rings is 1. The number of amides is 1. The van der Waals surface area contributed by atoms with E-state index in [9.17, 15) is 13.2 Å². The first-order valence-corrected chi connectivity index (χ1v) is 12.2. The maximum atomic E-state index is 13.1. The van der Waals surface area contributed by atoms with Crippen molar-refractivity contribution >= 4 is 27.5 Å². The van der Waals surface area contributed by atoms with Crippen LogP contribution in [0.15, 0.2) is 23.1 Å². The molecule has 0 spiro atoms. The van der Waals surface area contributed by atoms with Crippen molar-refractivity contribution in [3.05, 3.63) is 23.2 Å². The molecule has 1 N–H and O–H groups in total. The van der Waals surface area contributed by atoms with Crippen LogP contribution in [0.2, 0.25) is 5.02 Å². The molecule has 2 fully saturated rings. The minimum Gasteiger partial charge on any atom is -0.492 e. The van der Waals surface area contributed by atoms with Crippen LogP contribution in [-0.2, 0) is 19.6 Å². The maximum absolute atomic E-state index is 13.1. The van der Waals surface area contributed by atoms with E-state index in [2.05, 4.69) is 10.2 Å². The van der Waals surface area contributed by atoms with E-state index in [1.54, 1.807) is 6.07 Å². The first-order chi connectivity index (χ1) is 14.4. The second-order valence-corrected chi connectivity index (χ2v) is 9.82. The number of nitrogens with one attached hydrogen (secondary N) is 1. The molecule has 30 heavy (non-hydrogen) atoms. The van der Waals surface area contributed by atoms with Gasteiger partial charge in [-0.3, -0.25) is 9.69 Å². The van der Waals surface area contributed by atoms with Gasteiger partial charge in [-0.1, -0.05) is 11.6 Å². The average Bonchev–Trinajstić information content (AvgIpc) is 2.76. The standard InChI is InChI=1S/C20H30ClN3O5S/c1-2-29-19-6-5-17(14-18(19)21)30(26,27)24-8-3-4-16(15-24)20(25)22-7-9-23-10-12-28-13-11-23/h5-6,14,16H,2-4,7-13,15H2,1H3,(H,22,25)/t16-/m0/s1. The molecule has 168 valence electrons. The molecule has 3 rings (SSSR count). The van der Waals surface area contributed by atoms with Gasteiger partial charge in [-0.25, -0.2) is 8.42 Å². The van der Waals surface area contributed by atoms with E-state index in [0.717, 1.165) is 32.8 Å². The summed E-state index contributed by atoms with van der Waals surface area (Å²) in [6, 6.07) is 4.48. The van der Waals surface area contributed by atoms with Crippen molar-refractivity contribution in [1.29, 1.82) is 0 Å². The molecule has 2 heterocycles. The third kappa shape index (κ3) is 5.85. The minimum atomic E-state index is -3.73. The second kappa shape index (κ2) is 10.8. The largest absolute Gasteiger partial charge is 0.492 e. The van der Waals surface area contributed by atoms with Gasteiger partial charge in [-0.2, -0.15) is 4.31 Å². The van der Waals surface area contributed by atoms with Crippen molar-refractivity contribution in [2.75, 3.05) is 59.1 Å². The monoisotopic (exact) mass is 459 g/mol. The van der Waals surface area contributed by atoms with E-state index < -0.39 is 10.0 Å². The van der Waals surface area contributed by atoms with Crippen LogP contribution in [0.3, 0.4) is 0 Å². The Morgan fingerprint density at radius 3 is 2.77 bits per heavy atom. The van der Waals surface area contributed by atoms with Gasteiger partial charge in [0.05, 0.1) is 35.7 Å². The number of hydrogen-bond donors (Lipinski definition) is 1. The average molecular weight is 460 g/mol. The number of halogens is 1. The molecular formula is C20H30ClN3O5S. The number of nitrogens with zero attached hydrogens (tertiary/aromatic N) is 2. The van der Waals surface area contributed by atoms with Crippen molar-refractivity contribution in [3.63, 3.8) is 0 Å². The lowest BCUT2D eigenvalue weighted by molar-refractivity contribution is -0.126. The Hall–Kier alpha value is -1.39. The summed E-state index contributed by atoms with van der Waals surface area (Å²) in [6.07, 6.45) is 1.32. The maximum Gasteiger partial charge on any atom is 0.243 e. The highest BCUT2D eigenvalue weighted by atomic mass is 35.5. The van der Waals surface area contributed by atoms with Crippen LogP contribution in [0, 0.1) is 5.92 Å². The summed E-state index contributed by atoms with van der Waals surface area (Å²) in [5, 5.41) is 3.22. The lowest BCUT2D eigenvalue weighted by Gasteiger charge is -2.31. The zero-order valence-corrected chi connectivity index (χ0v) is 18.9. The first kappa shape index (κ1) is 23.3. The summed E-state index contributed by atoms with van der Waals surface area (Å²) in [7, 11) is -3.73. The van der Waals surface area contributed by atoms with Crippen molar-refractivity contribution < 1.29 is 22.7 Å². The summed E-state index contributed by atoms with van der Waals surface area (Å²) in [5.74, 6) is 0.0125. The highest BCUT2D eigenvalue weighted by Gasteiger charge is 2.33. The zero-order chi connectivity index (χ0) is 21.6. The van der Waals surface area contributed by atoms with Crippen molar-refractivity contribution in [2.45, 2.75) is 24.7 Å². The second-order valence-electron chi connectivity index (χ2n) is 7.47. The molecule has 0 unspecified atom stereocenters. The summed E-state index contributed by atoms with van der Waals surface area (Å²) < 4.78 is 38.2. The van der Waals surface area contributed by atoms with Crippen molar-refractivity contribution in [3.8, 4) is 5.75 Å². The Morgan fingerprint density at radius 2 is 2.07 bits per heavy atom. The third-order valence-electron chi connectivity index (χ3n) is 5.43. The predicted octanol–water partition coefficient (Wildman–Crippen LogP) is 1.59. The summed E-state index contributed by atoms with van der Waals surface area (Å²) in [5.41, 5.74) is 0. The Bertz CT molecular complexity index is 830. The quantitative estimate of drug-likeness (QED) is 0.635. The molecule has 1 atom stereocenters. The predicted molar refractivity (Wildman–Crippen MR) is 114 cm³/mol. The molecule has 1 aromatic rings. The van der Waals surface area contributed by atoms with Crippen LogP contribution in [0.4, 0.5) is 0 Å². The van der Waals surface area contributed by atoms with E-state index in [4.69, 9.17) is 21.1 Å². The summed E-state index contributed by atoms with van der Waals surface area (Å²) in [4.78, 5) is 15.0. The molecule has 10 heteroatoms. The van der Waals surface area contributed by atoms with Gasteiger partial charge in [0.25, 0.3) is 0 Å². The molecule has 0 saturated carbocycles. The summed E-state index contributed by atoms with van der Waals surface area (Å²) >= 11 is 6.17. The Balaban J connectivity index is 1.57. The van der Waals surface area contributed by atoms with Gasteiger partial charge in [-0.05, 0) is 38.0 Å². The van der Waals surface area contributed by atoms with Crippen LogP contribution in [-0.4, -0.2) is 82.6 Å². The number of benzene rings is 1. The van der Waals surface area contributed by atoms with Crippen LogP contribution < -0.4 is 10.1 Å². The van der Waals surface area contributed by atoms with Gasteiger partial charge in [-0.15, -0.1) is 0 Å². The Kier molecular flexibility index (Phi) is 8.35. The van der Waals surface area contributed by atoms with E-state index >= 15 is 0 Å². The molecule has 1 amide bonds. The number of carbonyl (C=O) groups is 1. The van der Waals surface area contributed by atoms with Gasteiger partial charge in [0.2, 0.25) is 15.9 Å². The van der Waals surface area contributed by atoms with Gasteiger partial charge in [0.15, 0.2) is 0 Å². The van der Waals surface area contributed by atoms with Crippen LogP contribution in [0.5, 0.6) is 5.75 Å². The van der Waals surface area contributed by atoms with Gasteiger partial charge in [0, 0.05) is 39.3 Å². The van der Waals surface area contributed by atoms with Crippen LogP contribution in [0.25, 0.3) is 0 Å². The number of rotatable bonds is 8. The molecule has 1 aromatic carbocycles. The molecule has 2 aliphatic heterocycles. The summed E-state index contributed by atoms with van der Waals surface area (Å²) in [6.45, 7) is 7.36. The number of hydrogen-bond acceptors (Lipinski definition) is 6. The Morgan fingerprint density at radius 1 is 1.30 bits per heavy atom.